The second-order valence-corrected chi connectivity index (χ2v) is 7.22. The molecule has 2 N–H and O–H groups in total. The van der Waals surface area contributed by atoms with Gasteiger partial charge in [-0.15, -0.1) is 0 Å². The number of likely N-dealkylation sites (tertiary alicyclic amines) is 1. The van der Waals surface area contributed by atoms with Gasteiger partial charge in [0.25, 0.3) is 5.91 Å². The maximum atomic E-state index is 12.9. The molecule has 1 aliphatic heterocycles. The quantitative estimate of drug-likeness (QED) is 0.845. The molecule has 0 bridgehead atoms. The Morgan fingerprint density at radius 2 is 1.70 bits per heavy atom. The predicted molar refractivity (Wildman–Crippen MR) is 109 cm³/mol. The van der Waals surface area contributed by atoms with Crippen molar-refractivity contribution in [1.82, 2.24) is 4.90 Å². The first-order chi connectivity index (χ1) is 13.0. The Hall–Kier alpha value is -2.82. The highest BCUT2D eigenvalue weighted by Crippen LogP contribution is 2.23. The van der Waals surface area contributed by atoms with Crippen molar-refractivity contribution >= 4 is 23.2 Å². The second-order valence-electron chi connectivity index (χ2n) is 7.22. The molecule has 1 heterocycles. The summed E-state index contributed by atoms with van der Waals surface area (Å²) >= 11 is 0. The minimum Gasteiger partial charge on any atom is -0.375 e. The number of anilines is 2. The molecule has 5 nitrogen and oxygen atoms in total. The lowest BCUT2D eigenvalue weighted by Gasteiger charge is -2.20. The third-order valence-electron chi connectivity index (χ3n) is 4.98. The fraction of sp³-hybridized carbons (Fsp3) is 0.364. The number of carbonyl (C=O) groups excluding carboxylic acids is 2. The minimum absolute atomic E-state index is 0.0443. The van der Waals surface area contributed by atoms with Crippen LogP contribution in [0.3, 0.4) is 0 Å². The van der Waals surface area contributed by atoms with Gasteiger partial charge in [-0.3, -0.25) is 9.59 Å². The summed E-state index contributed by atoms with van der Waals surface area (Å²) in [6, 6.07) is 11.6. The summed E-state index contributed by atoms with van der Waals surface area (Å²) < 4.78 is 0. The standard InChI is InChI=1S/C22H27N3O2/c1-15-9-10-18(17(3)13-15)24-20(26)14-23-19-8-6-7-16(2)21(19)22(27)25-11-4-5-12-25/h6-10,13,23H,4-5,11-12,14H2,1-3H3,(H,24,26). The van der Waals surface area contributed by atoms with E-state index in [-0.39, 0.29) is 18.4 Å². The van der Waals surface area contributed by atoms with Crippen molar-refractivity contribution in [3.8, 4) is 0 Å². The maximum Gasteiger partial charge on any atom is 0.256 e. The Kier molecular flexibility index (Phi) is 5.79. The van der Waals surface area contributed by atoms with Crippen molar-refractivity contribution in [3.05, 3.63) is 58.7 Å². The smallest absolute Gasteiger partial charge is 0.256 e. The number of aryl methyl sites for hydroxylation is 3. The number of benzene rings is 2. The van der Waals surface area contributed by atoms with Gasteiger partial charge in [-0.1, -0.05) is 29.8 Å². The monoisotopic (exact) mass is 365 g/mol. The predicted octanol–water partition coefficient (Wildman–Crippen LogP) is 3.90. The molecule has 0 saturated carbocycles. The summed E-state index contributed by atoms with van der Waals surface area (Å²) in [7, 11) is 0. The van der Waals surface area contributed by atoms with Crippen LogP contribution in [0.25, 0.3) is 0 Å². The van der Waals surface area contributed by atoms with Crippen LogP contribution in [0.15, 0.2) is 36.4 Å². The third kappa shape index (κ3) is 4.48. The topological polar surface area (TPSA) is 61.4 Å². The Labute approximate surface area is 160 Å². The molecule has 1 saturated heterocycles. The summed E-state index contributed by atoms with van der Waals surface area (Å²) in [6.45, 7) is 7.65. The molecule has 27 heavy (non-hydrogen) atoms. The van der Waals surface area contributed by atoms with Crippen molar-refractivity contribution < 1.29 is 9.59 Å². The molecule has 3 rings (SSSR count). The number of rotatable bonds is 5. The van der Waals surface area contributed by atoms with E-state index < -0.39 is 0 Å². The van der Waals surface area contributed by atoms with Gasteiger partial charge in [-0.05, 0) is 56.9 Å². The molecule has 0 atom stereocenters. The average Bonchev–Trinajstić information content (AvgIpc) is 3.16. The normalized spacial score (nSPS) is 13.5. The molecule has 2 aromatic carbocycles. The molecule has 1 fully saturated rings. The van der Waals surface area contributed by atoms with Crippen LogP contribution in [-0.2, 0) is 4.79 Å². The van der Waals surface area contributed by atoms with Crippen LogP contribution in [0.2, 0.25) is 0 Å². The summed E-state index contributed by atoms with van der Waals surface area (Å²) in [4.78, 5) is 27.2. The van der Waals surface area contributed by atoms with Gasteiger partial charge in [0.1, 0.15) is 0 Å². The summed E-state index contributed by atoms with van der Waals surface area (Å²) in [6.07, 6.45) is 2.11. The van der Waals surface area contributed by atoms with E-state index in [1.54, 1.807) is 0 Å². The van der Waals surface area contributed by atoms with Gasteiger partial charge in [0.05, 0.1) is 12.1 Å². The van der Waals surface area contributed by atoms with Crippen molar-refractivity contribution in [3.63, 3.8) is 0 Å². The van der Waals surface area contributed by atoms with E-state index in [1.165, 1.54) is 0 Å². The highest BCUT2D eigenvalue weighted by Gasteiger charge is 2.23. The molecule has 1 aliphatic rings. The second kappa shape index (κ2) is 8.25. The SMILES string of the molecule is Cc1ccc(NC(=O)CNc2cccc(C)c2C(=O)N2CCCC2)c(C)c1. The summed E-state index contributed by atoms with van der Waals surface area (Å²) in [5.74, 6) is -0.0917. The molecule has 2 aromatic rings. The molecule has 142 valence electrons. The van der Waals surface area contributed by atoms with Crippen LogP contribution in [0.4, 0.5) is 11.4 Å². The summed E-state index contributed by atoms with van der Waals surface area (Å²) in [5, 5.41) is 6.08. The van der Waals surface area contributed by atoms with Crippen LogP contribution >= 0.6 is 0 Å². The third-order valence-corrected chi connectivity index (χ3v) is 4.98. The zero-order chi connectivity index (χ0) is 19.4. The Bertz CT molecular complexity index is 855. The maximum absolute atomic E-state index is 12.9. The lowest BCUT2D eigenvalue weighted by atomic mass is 10.0. The number of nitrogens with zero attached hydrogens (tertiary/aromatic N) is 1. The Morgan fingerprint density at radius 3 is 2.41 bits per heavy atom. The first-order valence-electron chi connectivity index (χ1n) is 9.45. The molecule has 0 aromatic heterocycles. The fourth-order valence-electron chi connectivity index (χ4n) is 3.50. The van der Waals surface area contributed by atoms with E-state index >= 15 is 0 Å². The fourth-order valence-corrected chi connectivity index (χ4v) is 3.50. The van der Waals surface area contributed by atoms with Crippen molar-refractivity contribution in [2.24, 2.45) is 0 Å². The van der Waals surface area contributed by atoms with Crippen LogP contribution < -0.4 is 10.6 Å². The average molecular weight is 365 g/mol. The van der Waals surface area contributed by atoms with Crippen LogP contribution in [0.5, 0.6) is 0 Å². The van der Waals surface area contributed by atoms with E-state index in [0.29, 0.717) is 11.3 Å². The van der Waals surface area contributed by atoms with Crippen molar-refractivity contribution in [2.75, 3.05) is 30.3 Å². The van der Waals surface area contributed by atoms with Crippen molar-refractivity contribution in [2.45, 2.75) is 33.6 Å². The Balaban J connectivity index is 1.69. The van der Waals surface area contributed by atoms with E-state index in [1.807, 2.05) is 62.1 Å². The van der Waals surface area contributed by atoms with Gasteiger partial charge in [0, 0.05) is 24.5 Å². The molecule has 2 amide bonds. The van der Waals surface area contributed by atoms with Gasteiger partial charge in [0.2, 0.25) is 5.91 Å². The molecule has 5 heteroatoms. The molecular weight excluding hydrogens is 338 g/mol. The number of hydrogen-bond acceptors (Lipinski definition) is 3. The largest absolute Gasteiger partial charge is 0.375 e. The summed E-state index contributed by atoms with van der Waals surface area (Å²) in [5.41, 5.74) is 5.30. The van der Waals surface area contributed by atoms with Gasteiger partial charge in [-0.2, -0.15) is 0 Å². The van der Waals surface area contributed by atoms with Crippen LogP contribution in [-0.4, -0.2) is 36.3 Å². The van der Waals surface area contributed by atoms with Gasteiger partial charge in [-0.25, -0.2) is 0 Å². The van der Waals surface area contributed by atoms with E-state index in [2.05, 4.69) is 10.6 Å². The number of nitrogens with one attached hydrogen (secondary N) is 2. The van der Waals surface area contributed by atoms with Gasteiger partial charge >= 0.3 is 0 Å². The zero-order valence-corrected chi connectivity index (χ0v) is 16.3. The molecule has 0 unspecified atom stereocenters. The van der Waals surface area contributed by atoms with Crippen LogP contribution in [0.1, 0.15) is 39.9 Å². The molecule has 0 radical (unpaired) electrons. The number of amides is 2. The highest BCUT2D eigenvalue weighted by atomic mass is 16.2. The van der Waals surface area contributed by atoms with E-state index in [9.17, 15) is 9.59 Å². The first kappa shape index (κ1) is 19.0. The first-order valence-corrected chi connectivity index (χ1v) is 9.45. The Morgan fingerprint density at radius 1 is 0.963 bits per heavy atom. The lowest BCUT2D eigenvalue weighted by Crippen LogP contribution is -2.30. The highest BCUT2D eigenvalue weighted by molar-refractivity contribution is 6.02. The van der Waals surface area contributed by atoms with Gasteiger partial charge in [0.15, 0.2) is 0 Å². The van der Waals surface area contributed by atoms with E-state index in [0.717, 1.165) is 48.3 Å². The number of hydrogen-bond donors (Lipinski definition) is 2. The zero-order valence-electron chi connectivity index (χ0n) is 16.3. The van der Waals surface area contributed by atoms with Gasteiger partial charge < -0.3 is 15.5 Å². The molecular formula is C22H27N3O2. The van der Waals surface area contributed by atoms with Crippen molar-refractivity contribution in [1.29, 1.82) is 0 Å². The van der Waals surface area contributed by atoms with Crippen LogP contribution in [0, 0.1) is 20.8 Å². The number of carbonyl (C=O) groups is 2. The molecule has 0 aliphatic carbocycles. The molecule has 0 spiro atoms. The van der Waals surface area contributed by atoms with E-state index in [4.69, 9.17) is 0 Å². The minimum atomic E-state index is -0.136. The lowest BCUT2D eigenvalue weighted by molar-refractivity contribution is -0.114.